The summed E-state index contributed by atoms with van der Waals surface area (Å²) < 4.78 is 7.35. The monoisotopic (exact) mass is 317 g/mol. The van der Waals surface area contributed by atoms with Crippen LogP contribution in [0.2, 0.25) is 0 Å². The molecule has 0 aromatic carbocycles. The lowest BCUT2D eigenvalue weighted by Crippen LogP contribution is -2.51. The van der Waals surface area contributed by atoms with E-state index in [1.807, 2.05) is 25.1 Å². The van der Waals surface area contributed by atoms with Crippen LogP contribution in [0.15, 0.2) is 16.8 Å². The molecular formula is C16H23N5O2. The lowest BCUT2D eigenvalue weighted by atomic mass is 9.96. The fraction of sp³-hybridized carbons (Fsp3) is 0.562. The highest BCUT2D eigenvalue weighted by molar-refractivity contribution is 5.94. The van der Waals surface area contributed by atoms with Crippen molar-refractivity contribution in [3.8, 4) is 11.5 Å². The van der Waals surface area contributed by atoms with Crippen molar-refractivity contribution in [3.05, 3.63) is 23.8 Å². The van der Waals surface area contributed by atoms with Crippen molar-refractivity contribution in [1.82, 2.24) is 19.7 Å². The molecule has 1 aliphatic heterocycles. The van der Waals surface area contributed by atoms with Crippen LogP contribution >= 0.6 is 0 Å². The summed E-state index contributed by atoms with van der Waals surface area (Å²) in [6.45, 7) is 4.44. The summed E-state index contributed by atoms with van der Waals surface area (Å²) in [7, 11) is 1.83. The van der Waals surface area contributed by atoms with Crippen LogP contribution in [0.4, 0.5) is 0 Å². The maximum Gasteiger partial charge on any atom is 0.276 e. The number of aromatic nitrogens is 3. The Kier molecular flexibility index (Phi) is 4.21. The van der Waals surface area contributed by atoms with Crippen LogP contribution in [0.25, 0.3) is 11.5 Å². The second-order valence-electron chi connectivity index (χ2n) is 6.25. The summed E-state index contributed by atoms with van der Waals surface area (Å²) in [5, 5.41) is 4.11. The Morgan fingerprint density at radius 1 is 1.48 bits per heavy atom. The van der Waals surface area contributed by atoms with Gasteiger partial charge in [0.2, 0.25) is 5.89 Å². The number of likely N-dealkylation sites (tertiary alicyclic amines) is 1. The number of amides is 1. The Labute approximate surface area is 135 Å². The average Bonchev–Trinajstić information content (AvgIpc) is 3.12. The molecule has 0 spiro atoms. The van der Waals surface area contributed by atoms with Gasteiger partial charge in [0.05, 0.1) is 11.8 Å². The first-order chi connectivity index (χ1) is 11.0. The Morgan fingerprint density at radius 2 is 2.26 bits per heavy atom. The molecule has 2 atom stereocenters. The highest BCUT2D eigenvalue weighted by atomic mass is 16.4. The molecule has 23 heavy (non-hydrogen) atoms. The van der Waals surface area contributed by atoms with Crippen LogP contribution in [0, 0.1) is 6.92 Å². The minimum atomic E-state index is -0.0941. The summed E-state index contributed by atoms with van der Waals surface area (Å²) in [6, 6.07) is 0.0124. The minimum Gasteiger partial charge on any atom is -0.440 e. The Balaban J connectivity index is 1.88. The number of nitrogens with two attached hydrogens (primary N) is 1. The third-order valence-electron chi connectivity index (χ3n) is 4.37. The molecule has 2 aromatic rings. The van der Waals surface area contributed by atoms with Crippen molar-refractivity contribution in [2.24, 2.45) is 12.8 Å². The molecule has 1 amide bonds. The molecule has 3 rings (SSSR count). The first-order valence-electron chi connectivity index (χ1n) is 8.00. The molecule has 0 saturated carbocycles. The largest absolute Gasteiger partial charge is 0.440 e. The zero-order chi connectivity index (χ0) is 16.6. The summed E-state index contributed by atoms with van der Waals surface area (Å²) in [5.74, 6) is 0.861. The van der Waals surface area contributed by atoms with Gasteiger partial charge in [0.15, 0.2) is 5.69 Å². The first kappa shape index (κ1) is 15.7. The second-order valence-corrected chi connectivity index (χ2v) is 6.25. The number of piperidine rings is 1. The van der Waals surface area contributed by atoms with E-state index in [0.717, 1.165) is 31.4 Å². The molecule has 3 heterocycles. The lowest BCUT2D eigenvalue weighted by Gasteiger charge is -2.37. The Bertz CT molecular complexity index is 703. The number of carbonyl (C=O) groups excluding carboxylic acids is 1. The number of rotatable bonds is 3. The Hall–Kier alpha value is -2.15. The topological polar surface area (TPSA) is 90.2 Å². The van der Waals surface area contributed by atoms with E-state index in [1.165, 1.54) is 0 Å². The maximum absolute atomic E-state index is 12.9. The van der Waals surface area contributed by atoms with Gasteiger partial charge in [-0.15, -0.1) is 0 Å². The molecule has 7 nitrogen and oxygen atoms in total. The molecule has 0 bridgehead atoms. The van der Waals surface area contributed by atoms with Gasteiger partial charge in [-0.3, -0.25) is 9.48 Å². The van der Waals surface area contributed by atoms with E-state index in [0.29, 0.717) is 17.3 Å². The van der Waals surface area contributed by atoms with E-state index in [1.54, 1.807) is 17.8 Å². The van der Waals surface area contributed by atoms with Crippen molar-refractivity contribution in [2.45, 2.75) is 45.2 Å². The maximum atomic E-state index is 12.9. The number of oxazole rings is 1. The number of nitrogens with zero attached hydrogens (tertiary/aromatic N) is 4. The van der Waals surface area contributed by atoms with Crippen LogP contribution in [-0.2, 0) is 7.05 Å². The predicted molar refractivity (Wildman–Crippen MR) is 85.8 cm³/mol. The zero-order valence-corrected chi connectivity index (χ0v) is 13.8. The normalized spacial score (nSPS) is 19.8. The van der Waals surface area contributed by atoms with Gasteiger partial charge in [-0.05, 0) is 33.1 Å². The molecule has 1 saturated heterocycles. The van der Waals surface area contributed by atoms with Gasteiger partial charge >= 0.3 is 0 Å². The van der Waals surface area contributed by atoms with Crippen molar-refractivity contribution >= 4 is 5.91 Å². The summed E-state index contributed by atoms with van der Waals surface area (Å²) in [4.78, 5) is 19.2. The van der Waals surface area contributed by atoms with Crippen LogP contribution in [0.1, 0.15) is 42.4 Å². The van der Waals surface area contributed by atoms with Crippen LogP contribution in [-0.4, -0.2) is 44.2 Å². The molecule has 1 fully saturated rings. The summed E-state index contributed by atoms with van der Waals surface area (Å²) in [5.41, 5.74) is 7.19. The third-order valence-corrected chi connectivity index (χ3v) is 4.37. The number of hydrogen-bond donors (Lipinski definition) is 1. The van der Waals surface area contributed by atoms with Crippen molar-refractivity contribution < 1.29 is 9.21 Å². The molecule has 2 N–H and O–H groups in total. The van der Waals surface area contributed by atoms with Gasteiger partial charge in [0.1, 0.15) is 5.76 Å². The van der Waals surface area contributed by atoms with Gasteiger partial charge in [-0.2, -0.15) is 5.10 Å². The van der Waals surface area contributed by atoms with Crippen LogP contribution in [0.3, 0.4) is 0 Å². The fourth-order valence-corrected chi connectivity index (χ4v) is 3.14. The minimum absolute atomic E-state index is 0.0516. The molecule has 0 unspecified atom stereocenters. The molecule has 1 aliphatic rings. The second kappa shape index (κ2) is 6.16. The van der Waals surface area contributed by atoms with E-state index in [4.69, 9.17) is 10.2 Å². The van der Waals surface area contributed by atoms with E-state index in [-0.39, 0.29) is 18.0 Å². The highest BCUT2D eigenvalue weighted by Crippen LogP contribution is 2.25. The van der Waals surface area contributed by atoms with Crippen molar-refractivity contribution in [3.63, 3.8) is 0 Å². The predicted octanol–water partition coefficient (Wildman–Crippen LogP) is 1.73. The summed E-state index contributed by atoms with van der Waals surface area (Å²) in [6.07, 6.45) is 6.53. The SMILES string of the molecule is Cc1oc(-c2cnn(C)c2)nc1C(=O)N1CCCC[C@@H]1[C@H](C)N. The number of aryl methyl sites for hydroxylation is 2. The molecular weight excluding hydrogens is 294 g/mol. The third kappa shape index (κ3) is 3.01. The first-order valence-corrected chi connectivity index (χ1v) is 8.00. The molecule has 0 radical (unpaired) electrons. The highest BCUT2D eigenvalue weighted by Gasteiger charge is 2.32. The summed E-state index contributed by atoms with van der Waals surface area (Å²) >= 11 is 0. The van der Waals surface area contributed by atoms with Crippen molar-refractivity contribution in [1.29, 1.82) is 0 Å². The molecule has 7 heteroatoms. The Morgan fingerprint density at radius 3 is 2.91 bits per heavy atom. The zero-order valence-electron chi connectivity index (χ0n) is 13.8. The van der Waals surface area contributed by atoms with Gasteiger partial charge in [-0.1, -0.05) is 0 Å². The van der Waals surface area contributed by atoms with Crippen molar-refractivity contribution in [2.75, 3.05) is 6.54 Å². The quantitative estimate of drug-likeness (QED) is 0.931. The van der Waals surface area contributed by atoms with Gasteiger partial charge in [0, 0.05) is 31.9 Å². The lowest BCUT2D eigenvalue weighted by molar-refractivity contribution is 0.0576. The number of hydrogen-bond acceptors (Lipinski definition) is 5. The van der Waals surface area contributed by atoms with E-state index in [9.17, 15) is 4.79 Å². The van der Waals surface area contributed by atoms with Gasteiger partial charge < -0.3 is 15.1 Å². The van der Waals surface area contributed by atoms with Gasteiger partial charge in [-0.25, -0.2) is 4.98 Å². The fourth-order valence-electron chi connectivity index (χ4n) is 3.14. The average molecular weight is 317 g/mol. The van der Waals surface area contributed by atoms with E-state index >= 15 is 0 Å². The molecule has 0 aliphatic carbocycles. The van der Waals surface area contributed by atoms with E-state index in [2.05, 4.69) is 10.1 Å². The standard InChI is InChI=1S/C16H23N5O2/c1-10(17)13-6-4-5-7-21(13)16(22)14-11(2)23-15(19-14)12-8-18-20(3)9-12/h8-10,13H,4-7,17H2,1-3H3/t10-,13+/m0/s1. The van der Waals surface area contributed by atoms with Gasteiger partial charge in [0.25, 0.3) is 5.91 Å². The molecule has 2 aromatic heterocycles. The van der Waals surface area contributed by atoms with Crippen LogP contribution in [0.5, 0.6) is 0 Å². The van der Waals surface area contributed by atoms with E-state index < -0.39 is 0 Å². The van der Waals surface area contributed by atoms with Crippen LogP contribution < -0.4 is 5.73 Å². The number of carbonyl (C=O) groups is 1. The smallest absolute Gasteiger partial charge is 0.276 e. The molecule has 124 valence electrons.